The maximum absolute atomic E-state index is 14.1. The number of hydrogen-bond donors (Lipinski definition) is 2. The zero-order valence-electron chi connectivity index (χ0n) is 19.7. The summed E-state index contributed by atoms with van der Waals surface area (Å²) >= 11 is 0. The van der Waals surface area contributed by atoms with E-state index in [4.69, 9.17) is 5.73 Å². The Hall–Kier alpha value is -3.25. The number of carbonyl (C=O) groups excluding carboxylic acids is 1. The number of rotatable bonds is 8. The molecule has 4 rings (SSSR count). The van der Waals surface area contributed by atoms with E-state index >= 15 is 0 Å². The van der Waals surface area contributed by atoms with Gasteiger partial charge in [0.25, 0.3) is 0 Å². The first-order valence-corrected chi connectivity index (χ1v) is 11.7. The van der Waals surface area contributed by atoms with Crippen molar-refractivity contribution in [2.24, 2.45) is 11.7 Å². The fraction of sp³-hybridized carbons (Fsp3) is 0.458. The summed E-state index contributed by atoms with van der Waals surface area (Å²) in [5.74, 6) is -1.20. The number of amides is 1. The lowest BCUT2D eigenvalue weighted by Crippen LogP contribution is -2.47. The van der Waals surface area contributed by atoms with Gasteiger partial charge in [-0.25, -0.2) is 14.4 Å². The fourth-order valence-corrected chi connectivity index (χ4v) is 4.71. The molecule has 0 spiro atoms. The molecule has 12 heteroatoms. The van der Waals surface area contributed by atoms with Crippen LogP contribution in [0.1, 0.15) is 24.5 Å². The van der Waals surface area contributed by atoms with Gasteiger partial charge in [0.05, 0.1) is 23.6 Å². The Morgan fingerprint density at radius 2 is 2.06 bits per heavy atom. The minimum absolute atomic E-state index is 0.0412. The van der Waals surface area contributed by atoms with E-state index in [0.29, 0.717) is 49.6 Å². The van der Waals surface area contributed by atoms with Gasteiger partial charge in [0.1, 0.15) is 23.6 Å². The van der Waals surface area contributed by atoms with Crippen LogP contribution in [0.3, 0.4) is 0 Å². The van der Waals surface area contributed by atoms with Gasteiger partial charge in [0.2, 0.25) is 5.91 Å². The quantitative estimate of drug-likeness (QED) is 0.454. The van der Waals surface area contributed by atoms with Crippen LogP contribution in [-0.4, -0.2) is 62.7 Å². The van der Waals surface area contributed by atoms with Gasteiger partial charge in [-0.1, -0.05) is 6.07 Å². The number of benzene rings is 1. The molecule has 3 aromatic rings. The molecule has 1 aromatic carbocycles. The summed E-state index contributed by atoms with van der Waals surface area (Å²) in [6.07, 6.45) is -1.42. The summed E-state index contributed by atoms with van der Waals surface area (Å²) in [7, 11) is 0. The Morgan fingerprint density at radius 1 is 1.28 bits per heavy atom. The molecule has 0 unspecified atom stereocenters. The van der Waals surface area contributed by atoms with Crippen molar-refractivity contribution in [1.82, 2.24) is 19.4 Å². The number of hydrogen-bond acceptors (Lipinski definition) is 6. The maximum atomic E-state index is 14.1. The largest absolute Gasteiger partial charge is 0.419 e. The van der Waals surface area contributed by atoms with Crippen molar-refractivity contribution in [2.75, 3.05) is 31.1 Å². The number of fused-ring (bicyclic) bond motifs is 1. The molecule has 0 radical (unpaired) electrons. The Bertz CT molecular complexity index is 1230. The number of aliphatic hydroxyl groups is 1. The minimum atomic E-state index is -4.75. The van der Waals surface area contributed by atoms with E-state index in [2.05, 4.69) is 9.97 Å². The first-order chi connectivity index (χ1) is 17.1. The van der Waals surface area contributed by atoms with Crippen molar-refractivity contribution in [2.45, 2.75) is 38.7 Å². The highest BCUT2D eigenvalue weighted by molar-refractivity contribution is 5.87. The molecule has 3 heterocycles. The summed E-state index contributed by atoms with van der Waals surface area (Å²) < 4.78 is 54.7. The zero-order valence-corrected chi connectivity index (χ0v) is 19.7. The van der Waals surface area contributed by atoms with Gasteiger partial charge in [-0.2, -0.15) is 13.2 Å². The number of piperidine rings is 1. The van der Waals surface area contributed by atoms with E-state index in [9.17, 15) is 27.5 Å². The van der Waals surface area contributed by atoms with Crippen molar-refractivity contribution >= 4 is 22.8 Å². The molecule has 36 heavy (non-hydrogen) atoms. The number of nitrogens with two attached hydrogens (primary N) is 1. The van der Waals surface area contributed by atoms with Gasteiger partial charge in [-0.05, 0) is 43.7 Å². The fourth-order valence-electron chi connectivity index (χ4n) is 4.71. The van der Waals surface area contributed by atoms with Crippen LogP contribution in [0.15, 0.2) is 36.8 Å². The number of β-amino-alcohol motifs (C(OH)–C–C–N with tert-alkyl or cyclic N) is 1. The highest BCUT2D eigenvalue weighted by atomic mass is 19.4. The molecule has 1 fully saturated rings. The summed E-state index contributed by atoms with van der Waals surface area (Å²) in [6, 6.07) is 4.78. The van der Waals surface area contributed by atoms with Gasteiger partial charge < -0.3 is 20.3 Å². The van der Waals surface area contributed by atoms with Gasteiger partial charge in [-0.15, -0.1) is 0 Å². The first kappa shape index (κ1) is 25.8. The molecular formula is C24H28F4N6O2. The molecule has 194 valence electrons. The number of anilines is 1. The standard InChI is InChI=1S/C24H28F4N6O2/c1-2-33(10-15-3-4-18(19(25)9-15)24(26,27)28)22-17-6-8-34(23(17)31-14-30-22)11-16-5-7-32(12-20(16)35)13-21(29)36/h3-4,6,8-9,14,16,20,35H,2,5,7,10-13H2,1H3,(H2,29,36)/t16-,20+/m1/s1. The number of carbonyl (C=O) groups is 1. The molecule has 0 bridgehead atoms. The molecule has 2 atom stereocenters. The Labute approximate surface area is 205 Å². The number of alkyl halides is 3. The van der Waals surface area contributed by atoms with E-state index in [1.165, 1.54) is 12.4 Å². The Kier molecular flexibility index (Phi) is 7.46. The molecule has 1 aliphatic heterocycles. The number of halogens is 4. The van der Waals surface area contributed by atoms with E-state index in [1.807, 2.05) is 33.6 Å². The highest BCUT2D eigenvalue weighted by Gasteiger charge is 2.34. The maximum Gasteiger partial charge on any atom is 0.419 e. The van der Waals surface area contributed by atoms with Crippen LogP contribution in [-0.2, 0) is 24.1 Å². The van der Waals surface area contributed by atoms with E-state index in [-0.39, 0.29) is 19.0 Å². The average Bonchev–Trinajstić information content (AvgIpc) is 3.21. The predicted octanol–water partition coefficient (Wildman–Crippen LogP) is 2.78. The molecule has 1 amide bonds. The molecule has 2 aromatic heterocycles. The van der Waals surface area contributed by atoms with Crippen molar-refractivity contribution < 1.29 is 27.5 Å². The molecule has 3 N–H and O–H groups in total. The van der Waals surface area contributed by atoms with Crippen LogP contribution in [0.5, 0.6) is 0 Å². The van der Waals surface area contributed by atoms with E-state index < -0.39 is 29.6 Å². The number of nitrogens with zero attached hydrogens (tertiary/aromatic N) is 5. The van der Waals surface area contributed by atoms with E-state index in [0.717, 1.165) is 17.5 Å². The van der Waals surface area contributed by atoms with Gasteiger partial charge >= 0.3 is 6.18 Å². The van der Waals surface area contributed by atoms with Crippen molar-refractivity contribution in [3.05, 3.63) is 53.7 Å². The predicted molar refractivity (Wildman–Crippen MR) is 125 cm³/mol. The summed E-state index contributed by atoms with van der Waals surface area (Å²) in [4.78, 5) is 23.6. The number of aromatic nitrogens is 3. The summed E-state index contributed by atoms with van der Waals surface area (Å²) in [6.45, 7) is 4.17. The van der Waals surface area contributed by atoms with Crippen LogP contribution in [0.25, 0.3) is 11.0 Å². The van der Waals surface area contributed by atoms with Crippen LogP contribution in [0.2, 0.25) is 0 Å². The summed E-state index contributed by atoms with van der Waals surface area (Å²) in [5, 5.41) is 11.4. The monoisotopic (exact) mass is 508 g/mol. The Balaban J connectivity index is 1.52. The second kappa shape index (κ2) is 10.4. The van der Waals surface area contributed by atoms with Crippen LogP contribution in [0.4, 0.5) is 23.4 Å². The van der Waals surface area contributed by atoms with Crippen molar-refractivity contribution in [3.63, 3.8) is 0 Å². The number of aliphatic hydroxyl groups excluding tert-OH is 1. The molecule has 0 saturated carbocycles. The smallest absolute Gasteiger partial charge is 0.391 e. The summed E-state index contributed by atoms with van der Waals surface area (Å²) in [5.41, 5.74) is 5.01. The van der Waals surface area contributed by atoms with Gasteiger partial charge in [-0.3, -0.25) is 9.69 Å². The highest BCUT2D eigenvalue weighted by Crippen LogP contribution is 2.32. The third kappa shape index (κ3) is 5.59. The number of likely N-dealkylation sites (tertiary alicyclic amines) is 1. The molecule has 1 aliphatic rings. The third-order valence-corrected chi connectivity index (χ3v) is 6.54. The third-order valence-electron chi connectivity index (χ3n) is 6.54. The van der Waals surface area contributed by atoms with Crippen LogP contribution >= 0.6 is 0 Å². The average molecular weight is 509 g/mol. The van der Waals surface area contributed by atoms with Gasteiger partial charge in [0, 0.05) is 38.3 Å². The molecular weight excluding hydrogens is 480 g/mol. The zero-order chi connectivity index (χ0) is 26.0. The van der Waals surface area contributed by atoms with Crippen molar-refractivity contribution in [3.8, 4) is 0 Å². The second-order valence-corrected chi connectivity index (χ2v) is 9.05. The van der Waals surface area contributed by atoms with Crippen molar-refractivity contribution in [1.29, 1.82) is 0 Å². The van der Waals surface area contributed by atoms with Crippen LogP contribution in [0, 0.1) is 11.7 Å². The molecule has 1 saturated heterocycles. The van der Waals surface area contributed by atoms with Gasteiger partial charge in [0.15, 0.2) is 0 Å². The normalized spacial score (nSPS) is 19.1. The SMILES string of the molecule is CCN(Cc1ccc(C(F)(F)F)c(F)c1)c1ncnc2c1ccn2C[C@H]1CCN(CC(N)=O)C[C@@H]1O. The second-order valence-electron chi connectivity index (χ2n) is 9.05. The lowest BCUT2D eigenvalue weighted by molar-refractivity contribution is -0.140. The Morgan fingerprint density at radius 3 is 2.69 bits per heavy atom. The topological polar surface area (TPSA) is 101 Å². The number of primary amides is 1. The van der Waals surface area contributed by atoms with E-state index in [1.54, 1.807) is 0 Å². The molecule has 0 aliphatic carbocycles. The molecule has 8 nitrogen and oxygen atoms in total. The lowest BCUT2D eigenvalue weighted by Gasteiger charge is -2.35. The first-order valence-electron chi connectivity index (χ1n) is 11.7. The minimum Gasteiger partial charge on any atom is -0.391 e. The lowest BCUT2D eigenvalue weighted by atomic mass is 9.93. The van der Waals surface area contributed by atoms with Crippen LogP contribution < -0.4 is 10.6 Å².